The SMILES string of the molecule is Cc1cccc(NC(=O)c2cc3ccccc3c(N=Nc3ccc4c(c3)-c3cc(N=Nc5c(O)c(CONc6ccccc6Cl)cc6ccccc56)ccc3C4=O)c2O)c1. The van der Waals surface area contributed by atoms with Crippen LogP contribution in [0.25, 0.3) is 32.7 Å². The maximum absolute atomic E-state index is 13.5. The monoisotopic (exact) mass is 808 g/mol. The third-order valence-electron chi connectivity index (χ3n) is 10.2. The third-order valence-corrected chi connectivity index (χ3v) is 10.5. The van der Waals surface area contributed by atoms with Crippen LogP contribution in [0, 0.1) is 6.92 Å². The Bertz CT molecular complexity index is 3110. The first-order chi connectivity index (χ1) is 29.2. The molecule has 8 aromatic rings. The van der Waals surface area contributed by atoms with Crippen molar-refractivity contribution in [1.82, 2.24) is 0 Å². The van der Waals surface area contributed by atoms with Gasteiger partial charge in [0.25, 0.3) is 5.91 Å². The second-order valence-electron chi connectivity index (χ2n) is 14.2. The molecule has 0 unspecified atom stereocenters. The number of phenolic OH excluding ortho intramolecular Hbond substituents is 2. The summed E-state index contributed by atoms with van der Waals surface area (Å²) in [5.74, 6) is -1.05. The number of fused-ring (bicyclic) bond motifs is 5. The number of rotatable bonds is 10. The van der Waals surface area contributed by atoms with E-state index in [9.17, 15) is 19.8 Å². The Kier molecular flexibility index (Phi) is 10.0. The molecule has 0 saturated heterocycles. The minimum absolute atomic E-state index is 0.00638. The molecule has 0 saturated carbocycles. The average Bonchev–Trinajstić information content (AvgIpc) is 3.53. The summed E-state index contributed by atoms with van der Waals surface area (Å²) in [6.07, 6.45) is 0. The van der Waals surface area contributed by atoms with Crippen LogP contribution in [0.4, 0.5) is 34.1 Å². The summed E-state index contributed by atoms with van der Waals surface area (Å²) in [4.78, 5) is 32.6. The number of phenols is 2. The standard InChI is InChI=1S/C48H33ClN6O5/c1-27-9-8-12-31(21-27)50-48(59)40-23-29-11-3-5-14-35(29)44(47(40)58)54-52-33-18-20-37-39(25-33)38-24-32(17-19-36(38)46(37)57)51-53-43-34-13-4-2-10-28(34)22-30(45(43)56)26-60-55-42-16-7-6-15-41(42)49/h2-25,55-56,58H,26H2,1H3,(H,50,59). The molecule has 292 valence electrons. The van der Waals surface area contributed by atoms with Gasteiger partial charge in [-0.25, -0.2) is 0 Å². The molecule has 12 heteroatoms. The molecule has 11 nitrogen and oxygen atoms in total. The Hall–Kier alpha value is -7.73. The van der Waals surface area contributed by atoms with Gasteiger partial charge in [0, 0.05) is 33.2 Å². The molecule has 0 fully saturated rings. The number of carbonyl (C=O) groups is 2. The fourth-order valence-corrected chi connectivity index (χ4v) is 7.40. The number of ketones is 1. The van der Waals surface area contributed by atoms with Gasteiger partial charge in [0.2, 0.25) is 0 Å². The molecule has 0 radical (unpaired) electrons. The van der Waals surface area contributed by atoms with Gasteiger partial charge >= 0.3 is 0 Å². The van der Waals surface area contributed by atoms with Crippen LogP contribution >= 0.6 is 11.6 Å². The quantitative estimate of drug-likeness (QED) is 0.0795. The largest absolute Gasteiger partial charge is 0.505 e. The lowest BCUT2D eigenvalue weighted by atomic mass is 10.0. The number of hydrogen-bond donors (Lipinski definition) is 4. The number of anilines is 2. The molecular formula is C48H33ClN6O5. The predicted molar refractivity (Wildman–Crippen MR) is 234 cm³/mol. The smallest absolute Gasteiger partial charge is 0.259 e. The zero-order valence-electron chi connectivity index (χ0n) is 31.8. The van der Waals surface area contributed by atoms with Crippen molar-refractivity contribution < 1.29 is 24.6 Å². The van der Waals surface area contributed by atoms with Crippen LogP contribution in [-0.4, -0.2) is 21.9 Å². The average molecular weight is 809 g/mol. The number of aromatic hydroxyl groups is 2. The van der Waals surface area contributed by atoms with E-state index < -0.39 is 5.91 Å². The Morgan fingerprint density at radius 1 is 0.633 bits per heavy atom. The van der Waals surface area contributed by atoms with Crippen LogP contribution in [0.1, 0.15) is 37.4 Å². The second-order valence-corrected chi connectivity index (χ2v) is 14.6. The molecule has 0 heterocycles. The maximum atomic E-state index is 13.5. The van der Waals surface area contributed by atoms with E-state index in [0.717, 1.165) is 10.9 Å². The molecule has 4 N–H and O–H groups in total. The predicted octanol–water partition coefficient (Wildman–Crippen LogP) is 13.2. The highest BCUT2D eigenvalue weighted by Crippen LogP contribution is 2.44. The number of halogens is 1. The van der Waals surface area contributed by atoms with Gasteiger partial charge in [-0.1, -0.05) is 84.4 Å². The molecule has 0 bridgehead atoms. The molecule has 1 aliphatic rings. The van der Waals surface area contributed by atoms with Crippen LogP contribution < -0.4 is 10.8 Å². The van der Waals surface area contributed by atoms with E-state index in [2.05, 4.69) is 31.3 Å². The van der Waals surface area contributed by atoms with E-state index in [1.807, 2.05) is 85.8 Å². The van der Waals surface area contributed by atoms with Gasteiger partial charge in [0.1, 0.15) is 23.7 Å². The van der Waals surface area contributed by atoms with Crippen LogP contribution in [0.3, 0.4) is 0 Å². The number of amides is 1. The van der Waals surface area contributed by atoms with Crippen LogP contribution in [0.5, 0.6) is 11.5 Å². The number of para-hydroxylation sites is 1. The Morgan fingerprint density at radius 2 is 1.23 bits per heavy atom. The second kappa shape index (κ2) is 15.9. The summed E-state index contributed by atoms with van der Waals surface area (Å²) in [7, 11) is 0. The van der Waals surface area contributed by atoms with Crippen molar-refractivity contribution in [2.24, 2.45) is 20.5 Å². The van der Waals surface area contributed by atoms with Crippen molar-refractivity contribution in [1.29, 1.82) is 0 Å². The van der Waals surface area contributed by atoms with E-state index >= 15 is 0 Å². The van der Waals surface area contributed by atoms with Crippen molar-refractivity contribution in [2.45, 2.75) is 13.5 Å². The molecule has 0 spiro atoms. The fourth-order valence-electron chi connectivity index (χ4n) is 7.23. The Morgan fingerprint density at radius 3 is 1.88 bits per heavy atom. The van der Waals surface area contributed by atoms with Gasteiger partial charge in [0.05, 0.1) is 27.6 Å². The van der Waals surface area contributed by atoms with Crippen molar-refractivity contribution in [3.05, 3.63) is 178 Å². The summed E-state index contributed by atoms with van der Waals surface area (Å²) in [5, 5.41) is 47.0. The minimum Gasteiger partial charge on any atom is -0.505 e. The minimum atomic E-state index is -0.493. The Labute approximate surface area is 348 Å². The van der Waals surface area contributed by atoms with Gasteiger partial charge in [-0.15, -0.1) is 10.2 Å². The lowest BCUT2D eigenvalue weighted by Crippen LogP contribution is -2.12. The van der Waals surface area contributed by atoms with Crippen LogP contribution in [0.15, 0.2) is 166 Å². The zero-order chi connectivity index (χ0) is 41.3. The summed E-state index contributed by atoms with van der Waals surface area (Å²) in [5.41, 5.74) is 9.02. The van der Waals surface area contributed by atoms with Gasteiger partial charge in [-0.2, -0.15) is 10.2 Å². The first-order valence-corrected chi connectivity index (χ1v) is 19.2. The number of hydrogen-bond acceptors (Lipinski definition) is 10. The molecule has 8 aromatic carbocycles. The van der Waals surface area contributed by atoms with Gasteiger partial charge < -0.3 is 15.5 Å². The van der Waals surface area contributed by atoms with Crippen molar-refractivity contribution in [3.63, 3.8) is 0 Å². The maximum Gasteiger partial charge on any atom is 0.259 e. The molecule has 0 aliphatic heterocycles. The highest BCUT2D eigenvalue weighted by Gasteiger charge is 2.27. The van der Waals surface area contributed by atoms with E-state index in [0.29, 0.717) is 71.7 Å². The summed E-state index contributed by atoms with van der Waals surface area (Å²) in [6, 6.07) is 43.1. The van der Waals surface area contributed by atoms with Gasteiger partial charge in [-0.3, -0.25) is 19.9 Å². The van der Waals surface area contributed by atoms with Gasteiger partial charge in [-0.05, 0) is 107 Å². The molecule has 1 aliphatic carbocycles. The number of aryl methyl sites for hydroxylation is 1. The number of nitrogens with zero attached hydrogens (tertiary/aromatic N) is 4. The van der Waals surface area contributed by atoms with Crippen molar-refractivity contribution >= 4 is 79.0 Å². The fraction of sp³-hybridized carbons (Fsp3) is 0.0417. The zero-order valence-corrected chi connectivity index (χ0v) is 32.6. The molecular weight excluding hydrogens is 776 g/mol. The Balaban J connectivity index is 1.01. The third kappa shape index (κ3) is 7.30. The summed E-state index contributed by atoms with van der Waals surface area (Å²) in [6.45, 7) is 1.93. The summed E-state index contributed by atoms with van der Waals surface area (Å²) < 4.78 is 0. The molecule has 0 aromatic heterocycles. The van der Waals surface area contributed by atoms with Crippen molar-refractivity contribution in [3.8, 4) is 22.6 Å². The van der Waals surface area contributed by atoms with E-state index in [1.165, 1.54) is 0 Å². The normalized spacial score (nSPS) is 12.1. The van der Waals surface area contributed by atoms with E-state index in [4.69, 9.17) is 16.4 Å². The highest BCUT2D eigenvalue weighted by atomic mass is 35.5. The van der Waals surface area contributed by atoms with Crippen LogP contribution in [-0.2, 0) is 11.4 Å². The molecule has 1 amide bonds. The van der Waals surface area contributed by atoms with Crippen molar-refractivity contribution in [2.75, 3.05) is 10.8 Å². The number of azo groups is 2. The lowest BCUT2D eigenvalue weighted by Gasteiger charge is -2.12. The summed E-state index contributed by atoms with van der Waals surface area (Å²) >= 11 is 6.25. The van der Waals surface area contributed by atoms with Gasteiger partial charge in [0.15, 0.2) is 11.5 Å². The molecule has 60 heavy (non-hydrogen) atoms. The number of benzene rings is 8. The number of nitrogens with one attached hydrogen (secondary N) is 2. The first kappa shape index (κ1) is 37.8. The van der Waals surface area contributed by atoms with E-state index in [1.54, 1.807) is 66.7 Å². The topological polar surface area (TPSA) is 157 Å². The molecule has 9 rings (SSSR count). The van der Waals surface area contributed by atoms with Crippen LogP contribution in [0.2, 0.25) is 5.02 Å². The first-order valence-electron chi connectivity index (χ1n) is 18.9. The number of carbonyl (C=O) groups excluding carboxylic acids is 2. The highest BCUT2D eigenvalue weighted by molar-refractivity contribution is 6.33. The molecule has 0 atom stereocenters. The lowest BCUT2D eigenvalue weighted by molar-refractivity contribution is 0.102. The van der Waals surface area contributed by atoms with E-state index in [-0.39, 0.29) is 40.8 Å².